The number of rotatable bonds is 0. The maximum absolute atomic E-state index is 2.27. The summed E-state index contributed by atoms with van der Waals surface area (Å²) >= 11 is 0. The monoisotopic (exact) mass is 140 g/mol. The Hall–Kier alpha value is -0.180. The summed E-state index contributed by atoms with van der Waals surface area (Å²) in [5.74, 6) is 4.53. The van der Waals surface area contributed by atoms with Crippen molar-refractivity contribution in [1.82, 2.24) is 0 Å². The summed E-state index contributed by atoms with van der Waals surface area (Å²) in [6, 6.07) is 4.51. The first-order valence-corrected chi connectivity index (χ1v) is 4.73. The minimum Gasteiger partial charge on any atom is -0.131 e. The fourth-order valence-corrected chi connectivity index (χ4v) is 3.32. The molecule has 0 bridgehead atoms. The zero-order chi connectivity index (χ0) is 5.40. The van der Waals surface area contributed by atoms with E-state index in [0.29, 0.717) is 0 Å². The summed E-state index contributed by atoms with van der Waals surface area (Å²) in [5, 5.41) is 3.15. The van der Waals surface area contributed by atoms with Gasteiger partial charge in [-0.2, -0.15) is 0 Å². The SMILES string of the molecule is c1cc2[pH]ccc2[pH]1. The zero-order valence-electron chi connectivity index (χ0n) is 4.31. The van der Waals surface area contributed by atoms with Gasteiger partial charge in [-0.3, -0.25) is 0 Å². The Morgan fingerprint density at radius 3 is 1.88 bits per heavy atom. The second kappa shape index (κ2) is 1.65. The first-order chi connectivity index (χ1) is 3.97. The summed E-state index contributed by atoms with van der Waals surface area (Å²) in [6.45, 7) is 0. The second-order valence-electron chi connectivity index (χ2n) is 1.78. The molecule has 0 aromatic carbocycles. The summed E-state index contributed by atoms with van der Waals surface area (Å²) < 4.78 is 0. The van der Waals surface area contributed by atoms with Crippen LogP contribution in [0.1, 0.15) is 0 Å². The van der Waals surface area contributed by atoms with Gasteiger partial charge in [0.2, 0.25) is 0 Å². The van der Waals surface area contributed by atoms with E-state index in [-0.39, 0.29) is 0 Å². The van der Waals surface area contributed by atoms with Gasteiger partial charge in [-0.05, 0) is 23.7 Å². The molecule has 2 unspecified atom stereocenters. The average molecular weight is 140 g/mol. The van der Waals surface area contributed by atoms with Gasteiger partial charge in [0.15, 0.2) is 0 Å². The summed E-state index contributed by atoms with van der Waals surface area (Å²) in [5.41, 5.74) is 0. The van der Waals surface area contributed by atoms with Crippen molar-refractivity contribution in [2.75, 3.05) is 0 Å². The van der Waals surface area contributed by atoms with E-state index in [4.69, 9.17) is 0 Å². The molecule has 0 amide bonds. The second-order valence-corrected chi connectivity index (χ2v) is 4.10. The van der Waals surface area contributed by atoms with E-state index < -0.39 is 0 Å². The molecule has 2 rings (SSSR count). The molecule has 0 aliphatic heterocycles. The lowest BCUT2D eigenvalue weighted by molar-refractivity contribution is 2.24. The molecule has 8 heavy (non-hydrogen) atoms. The smallest absolute Gasteiger partial charge is 0.00219 e. The van der Waals surface area contributed by atoms with E-state index in [2.05, 4.69) is 23.7 Å². The number of fused-ring (bicyclic) bond motifs is 1. The Kier molecular flexibility index (Phi) is 0.966. The van der Waals surface area contributed by atoms with Crippen LogP contribution in [0.4, 0.5) is 0 Å². The molecule has 0 N–H and O–H groups in total. The molecule has 0 spiro atoms. The predicted molar refractivity (Wildman–Crippen MR) is 43.0 cm³/mol. The fraction of sp³-hybridized carbons (Fsp3) is 0. The van der Waals surface area contributed by atoms with Crippen molar-refractivity contribution in [2.24, 2.45) is 0 Å². The van der Waals surface area contributed by atoms with Gasteiger partial charge in [-0.15, -0.1) is 16.4 Å². The Labute approximate surface area is 51.1 Å². The maximum atomic E-state index is 2.27. The van der Waals surface area contributed by atoms with E-state index in [1.54, 1.807) is 10.2 Å². The van der Waals surface area contributed by atoms with Crippen LogP contribution < -0.4 is 0 Å². The molecule has 0 radical (unpaired) electrons. The van der Waals surface area contributed by atoms with E-state index in [9.17, 15) is 0 Å². The Bertz CT molecular complexity index is 228. The Balaban J connectivity index is 3.06. The van der Waals surface area contributed by atoms with Crippen LogP contribution in [0.25, 0.3) is 10.2 Å². The fourth-order valence-electron chi connectivity index (χ4n) is 0.861. The van der Waals surface area contributed by atoms with Crippen LogP contribution >= 0.6 is 16.4 Å². The van der Waals surface area contributed by atoms with E-state index in [0.717, 1.165) is 16.4 Å². The Morgan fingerprint density at radius 2 is 1.38 bits per heavy atom. The van der Waals surface area contributed by atoms with Gasteiger partial charge in [0.05, 0.1) is 0 Å². The van der Waals surface area contributed by atoms with Crippen molar-refractivity contribution in [3.05, 3.63) is 23.7 Å². The predicted octanol–water partition coefficient (Wildman–Crippen LogP) is 2.90. The lowest BCUT2D eigenvalue weighted by Crippen LogP contribution is -1.31. The molecule has 2 aromatic rings. The third-order valence-corrected chi connectivity index (χ3v) is 3.68. The first kappa shape index (κ1) is 4.68. The van der Waals surface area contributed by atoms with E-state index >= 15 is 0 Å². The maximum Gasteiger partial charge on any atom is 0.00219 e. The van der Waals surface area contributed by atoms with Crippen molar-refractivity contribution < 1.29 is 0 Å². The lowest BCUT2D eigenvalue weighted by Gasteiger charge is -1.66. The lowest BCUT2D eigenvalue weighted by atomic mass is 10.5. The molecule has 2 atom stereocenters. The van der Waals surface area contributed by atoms with Crippen molar-refractivity contribution in [2.45, 2.75) is 0 Å². The van der Waals surface area contributed by atoms with Gasteiger partial charge in [-0.1, -0.05) is 0 Å². The molecule has 40 valence electrons. The third-order valence-electron chi connectivity index (χ3n) is 1.27. The molecule has 2 heteroatoms. The molecule has 0 saturated carbocycles. The molecule has 0 aliphatic rings. The summed E-state index contributed by atoms with van der Waals surface area (Å²) in [4.78, 5) is 0. The van der Waals surface area contributed by atoms with Gasteiger partial charge >= 0.3 is 0 Å². The highest BCUT2D eigenvalue weighted by Gasteiger charge is 1.88. The largest absolute Gasteiger partial charge is 0.131 e. The average Bonchev–Trinajstić information content (AvgIpc) is 2.15. The standard InChI is InChI=1S/C6H6P2/c1-3-7-6-2-4-8-5(1)6/h1-4,7-8H. The van der Waals surface area contributed by atoms with Gasteiger partial charge in [0.25, 0.3) is 0 Å². The van der Waals surface area contributed by atoms with E-state index in [1.165, 1.54) is 0 Å². The summed E-state index contributed by atoms with van der Waals surface area (Å²) in [6.07, 6.45) is 0. The van der Waals surface area contributed by atoms with Crippen molar-refractivity contribution in [3.8, 4) is 0 Å². The molecule has 0 nitrogen and oxygen atoms in total. The minimum absolute atomic E-state index is 0.962. The van der Waals surface area contributed by atoms with Crippen molar-refractivity contribution >= 4 is 26.6 Å². The van der Waals surface area contributed by atoms with Crippen LogP contribution in [0, 0.1) is 0 Å². The number of hydrogen-bond acceptors (Lipinski definition) is 0. The van der Waals surface area contributed by atoms with Gasteiger partial charge in [0, 0.05) is 10.2 Å². The highest BCUT2D eigenvalue weighted by atomic mass is 31.0. The molecule has 0 aliphatic carbocycles. The van der Waals surface area contributed by atoms with Gasteiger partial charge in [-0.25, -0.2) is 0 Å². The van der Waals surface area contributed by atoms with Crippen LogP contribution in [0.3, 0.4) is 0 Å². The minimum atomic E-state index is 0.962. The Morgan fingerprint density at radius 1 is 0.875 bits per heavy atom. The molecule has 2 heterocycles. The quantitative estimate of drug-likeness (QED) is 0.527. The molecule has 0 saturated heterocycles. The van der Waals surface area contributed by atoms with Crippen LogP contribution in [-0.4, -0.2) is 0 Å². The highest BCUT2D eigenvalue weighted by Crippen LogP contribution is 2.31. The highest BCUT2D eigenvalue weighted by molar-refractivity contribution is 7.44. The zero-order valence-corrected chi connectivity index (χ0v) is 6.31. The van der Waals surface area contributed by atoms with Crippen LogP contribution in [0.2, 0.25) is 0 Å². The van der Waals surface area contributed by atoms with E-state index in [1.807, 2.05) is 0 Å². The van der Waals surface area contributed by atoms with Crippen molar-refractivity contribution in [1.29, 1.82) is 0 Å². The van der Waals surface area contributed by atoms with Gasteiger partial charge < -0.3 is 0 Å². The normalized spacial score (nSPS) is 12.5. The molecular weight excluding hydrogens is 134 g/mol. The topological polar surface area (TPSA) is 0 Å². The third kappa shape index (κ3) is 0.540. The van der Waals surface area contributed by atoms with Crippen LogP contribution in [-0.2, 0) is 0 Å². The molecule has 2 aromatic heterocycles. The van der Waals surface area contributed by atoms with Crippen LogP contribution in [0.15, 0.2) is 23.7 Å². The summed E-state index contributed by atoms with van der Waals surface area (Å²) in [7, 11) is 1.92. The van der Waals surface area contributed by atoms with Gasteiger partial charge in [0.1, 0.15) is 0 Å². The molecule has 0 fully saturated rings. The van der Waals surface area contributed by atoms with Crippen LogP contribution in [0.5, 0.6) is 0 Å². The first-order valence-electron chi connectivity index (χ1n) is 2.57. The number of hydrogen-bond donors (Lipinski definition) is 0. The van der Waals surface area contributed by atoms with Crippen molar-refractivity contribution in [3.63, 3.8) is 0 Å². The molecular formula is C6H6P2.